The Bertz CT molecular complexity index is 269. The summed E-state index contributed by atoms with van der Waals surface area (Å²) in [6.45, 7) is 3.99. The Hall–Kier alpha value is -1.30. The summed E-state index contributed by atoms with van der Waals surface area (Å²) in [6.07, 6.45) is 0.669. The molecule has 1 saturated heterocycles. The zero-order valence-corrected chi connectivity index (χ0v) is 8.87. The van der Waals surface area contributed by atoms with Crippen LogP contribution < -0.4 is 10.6 Å². The molecule has 0 aliphatic carbocycles. The van der Waals surface area contributed by atoms with Gasteiger partial charge >= 0.3 is 12.0 Å². The molecule has 0 aromatic heterocycles. The van der Waals surface area contributed by atoms with Gasteiger partial charge in [0.2, 0.25) is 0 Å². The van der Waals surface area contributed by atoms with E-state index in [1.54, 1.807) is 0 Å². The topological polar surface area (TPSA) is 87.7 Å². The minimum Gasteiger partial charge on any atom is -0.480 e. The quantitative estimate of drug-likeness (QED) is 0.616. The van der Waals surface area contributed by atoms with Crippen molar-refractivity contribution in [2.45, 2.75) is 31.9 Å². The van der Waals surface area contributed by atoms with Gasteiger partial charge in [0, 0.05) is 6.61 Å². The minimum atomic E-state index is -1.06. The smallest absolute Gasteiger partial charge is 0.323 e. The molecule has 6 nitrogen and oxygen atoms in total. The predicted octanol–water partition coefficient (Wildman–Crippen LogP) is -0.0623. The van der Waals surface area contributed by atoms with E-state index in [4.69, 9.17) is 9.84 Å². The lowest BCUT2D eigenvalue weighted by Crippen LogP contribution is -2.54. The molecule has 6 heteroatoms. The summed E-state index contributed by atoms with van der Waals surface area (Å²) < 4.78 is 5.34. The minimum absolute atomic E-state index is 0.0620. The van der Waals surface area contributed by atoms with Gasteiger partial charge in [-0.1, -0.05) is 0 Å². The molecule has 1 fully saturated rings. The normalized spacial score (nSPS) is 29.9. The lowest BCUT2D eigenvalue weighted by molar-refractivity contribution is -0.135. The highest BCUT2D eigenvalue weighted by molar-refractivity contribution is 5.80. The van der Waals surface area contributed by atoms with Crippen molar-refractivity contribution in [1.29, 1.82) is 0 Å². The molecule has 0 radical (unpaired) electrons. The number of hydrogen-bond donors (Lipinski definition) is 3. The summed E-state index contributed by atoms with van der Waals surface area (Å²) in [5.74, 6) is -1.06. The molecule has 1 aliphatic heterocycles. The van der Waals surface area contributed by atoms with Gasteiger partial charge in [0.15, 0.2) is 0 Å². The molecule has 0 aromatic carbocycles. The van der Waals surface area contributed by atoms with E-state index in [-0.39, 0.29) is 12.6 Å². The van der Waals surface area contributed by atoms with Gasteiger partial charge in [-0.2, -0.15) is 0 Å². The van der Waals surface area contributed by atoms with Gasteiger partial charge in [-0.15, -0.1) is 0 Å². The van der Waals surface area contributed by atoms with Gasteiger partial charge in [0.1, 0.15) is 6.54 Å². The van der Waals surface area contributed by atoms with Crippen LogP contribution in [0.25, 0.3) is 0 Å². The SMILES string of the molecule is CC1OCCC1(C)NC(=O)NCC(=O)O. The Morgan fingerprint density at radius 1 is 1.60 bits per heavy atom. The Balaban J connectivity index is 2.40. The molecule has 0 aromatic rings. The van der Waals surface area contributed by atoms with Crippen molar-refractivity contribution in [3.05, 3.63) is 0 Å². The molecule has 1 aliphatic rings. The van der Waals surface area contributed by atoms with Crippen LogP contribution >= 0.6 is 0 Å². The molecule has 15 heavy (non-hydrogen) atoms. The molecule has 2 amide bonds. The average molecular weight is 216 g/mol. The molecular formula is C9H16N2O4. The van der Waals surface area contributed by atoms with E-state index in [1.165, 1.54) is 0 Å². The zero-order chi connectivity index (χ0) is 11.5. The molecule has 86 valence electrons. The number of ether oxygens (including phenoxy) is 1. The number of carboxylic acids is 1. The van der Waals surface area contributed by atoms with Gasteiger partial charge in [0.25, 0.3) is 0 Å². The fourth-order valence-corrected chi connectivity index (χ4v) is 1.46. The summed E-state index contributed by atoms with van der Waals surface area (Å²) in [7, 11) is 0. The second-order valence-electron chi connectivity index (χ2n) is 3.88. The number of nitrogens with one attached hydrogen (secondary N) is 2. The summed E-state index contributed by atoms with van der Waals surface area (Å²) >= 11 is 0. The zero-order valence-electron chi connectivity index (χ0n) is 8.87. The number of carbonyl (C=O) groups is 2. The third-order valence-electron chi connectivity index (χ3n) is 2.69. The van der Waals surface area contributed by atoms with Crippen LogP contribution in [-0.2, 0) is 9.53 Å². The van der Waals surface area contributed by atoms with E-state index >= 15 is 0 Å². The van der Waals surface area contributed by atoms with E-state index in [2.05, 4.69) is 10.6 Å². The number of rotatable bonds is 3. The highest BCUT2D eigenvalue weighted by Gasteiger charge is 2.38. The molecular weight excluding hydrogens is 200 g/mol. The Morgan fingerprint density at radius 3 is 2.73 bits per heavy atom. The molecule has 0 spiro atoms. The molecule has 0 bridgehead atoms. The van der Waals surface area contributed by atoms with Crippen molar-refractivity contribution in [2.75, 3.05) is 13.2 Å². The summed E-state index contributed by atoms with van der Waals surface area (Å²) in [6, 6.07) is -0.475. The highest BCUT2D eigenvalue weighted by atomic mass is 16.5. The van der Waals surface area contributed by atoms with Gasteiger partial charge in [-0.25, -0.2) is 4.79 Å². The number of carboxylic acid groups (broad SMARTS) is 1. The molecule has 1 rings (SSSR count). The lowest BCUT2D eigenvalue weighted by atomic mass is 9.95. The average Bonchev–Trinajstić information content (AvgIpc) is 2.44. The summed E-state index contributed by atoms with van der Waals surface area (Å²) in [5, 5.41) is 13.3. The first-order chi connectivity index (χ1) is 6.94. The second-order valence-corrected chi connectivity index (χ2v) is 3.88. The molecule has 1 heterocycles. The van der Waals surface area contributed by atoms with E-state index in [1.807, 2.05) is 13.8 Å². The van der Waals surface area contributed by atoms with Crippen molar-refractivity contribution in [2.24, 2.45) is 0 Å². The van der Waals surface area contributed by atoms with Crippen LogP contribution in [0, 0.1) is 0 Å². The van der Waals surface area contributed by atoms with E-state index in [0.29, 0.717) is 6.61 Å². The van der Waals surface area contributed by atoms with Crippen LogP contribution in [-0.4, -0.2) is 41.9 Å². The maximum atomic E-state index is 11.3. The molecule has 3 N–H and O–H groups in total. The van der Waals surface area contributed by atoms with Crippen LogP contribution in [0.15, 0.2) is 0 Å². The van der Waals surface area contributed by atoms with Crippen molar-refractivity contribution < 1.29 is 19.4 Å². The first-order valence-corrected chi connectivity index (χ1v) is 4.83. The predicted molar refractivity (Wildman–Crippen MR) is 52.6 cm³/mol. The number of aliphatic carboxylic acids is 1. The maximum absolute atomic E-state index is 11.3. The van der Waals surface area contributed by atoms with Gasteiger partial charge in [0.05, 0.1) is 11.6 Å². The second kappa shape index (κ2) is 4.48. The van der Waals surface area contributed by atoms with E-state index in [9.17, 15) is 9.59 Å². The summed E-state index contributed by atoms with van der Waals surface area (Å²) in [5.41, 5.74) is -0.414. The van der Waals surface area contributed by atoms with Gasteiger partial charge in [-0.3, -0.25) is 4.79 Å². The number of hydrogen-bond acceptors (Lipinski definition) is 3. The fraction of sp³-hybridized carbons (Fsp3) is 0.778. The van der Waals surface area contributed by atoms with Crippen LogP contribution in [0.2, 0.25) is 0 Å². The third kappa shape index (κ3) is 3.09. The van der Waals surface area contributed by atoms with Crippen LogP contribution in [0.5, 0.6) is 0 Å². The van der Waals surface area contributed by atoms with Crippen LogP contribution in [0.1, 0.15) is 20.3 Å². The van der Waals surface area contributed by atoms with Crippen molar-refractivity contribution in [3.8, 4) is 0 Å². The standard InChI is InChI=1S/C9H16N2O4/c1-6-9(2,3-4-15-6)11-8(14)10-5-7(12)13/h6H,3-5H2,1-2H3,(H,12,13)(H2,10,11,14). The first kappa shape index (κ1) is 11.8. The summed E-state index contributed by atoms with van der Waals surface area (Å²) in [4.78, 5) is 21.5. The fourth-order valence-electron chi connectivity index (χ4n) is 1.46. The van der Waals surface area contributed by atoms with Crippen molar-refractivity contribution >= 4 is 12.0 Å². The van der Waals surface area contributed by atoms with E-state index in [0.717, 1.165) is 6.42 Å². The highest BCUT2D eigenvalue weighted by Crippen LogP contribution is 2.24. The number of amides is 2. The van der Waals surface area contributed by atoms with Crippen molar-refractivity contribution in [3.63, 3.8) is 0 Å². The van der Waals surface area contributed by atoms with Gasteiger partial charge in [-0.05, 0) is 20.3 Å². The number of urea groups is 1. The number of carbonyl (C=O) groups excluding carboxylic acids is 1. The van der Waals surface area contributed by atoms with Gasteiger partial charge < -0.3 is 20.5 Å². The first-order valence-electron chi connectivity index (χ1n) is 4.83. The van der Waals surface area contributed by atoms with Crippen molar-refractivity contribution in [1.82, 2.24) is 10.6 Å². The lowest BCUT2D eigenvalue weighted by Gasteiger charge is -2.28. The maximum Gasteiger partial charge on any atom is 0.323 e. The molecule has 2 atom stereocenters. The molecule has 0 saturated carbocycles. The molecule has 2 unspecified atom stereocenters. The Morgan fingerprint density at radius 2 is 2.27 bits per heavy atom. The van der Waals surface area contributed by atoms with Crippen LogP contribution in [0.3, 0.4) is 0 Å². The largest absolute Gasteiger partial charge is 0.480 e. The van der Waals surface area contributed by atoms with Crippen LogP contribution in [0.4, 0.5) is 4.79 Å². The Kier molecular flexibility index (Phi) is 3.52. The Labute approximate surface area is 88.0 Å². The third-order valence-corrected chi connectivity index (χ3v) is 2.69. The van der Waals surface area contributed by atoms with E-state index < -0.39 is 17.5 Å². The monoisotopic (exact) mass is 216 g/mol.